The molecule has 2 heterocycles. The SMILES string of the molecule is Fc1ccccc1-c1nc2n(c1-c1ccccc1)CCC2. The lowest BCUT2D eigenvalue weighted by molar-refractivity contribution is 0.630. The van der Waals surface area contributed by atoms with Crippen molar-refractivity contribution in [2.24, 2.45) is 0 Å². The Morgan fingerprint density at radius 1 is 0.952 bits per heavy atom. The first kappa shape index (κ1) is 12.3. The number of imidazole rings is 1. The number of aryl methyl sites for hydroxylation is 1. The Morgan fingerprint density at radius 2 is 1.71 bits per heavy atom. The van der Waals surface area contributed by atoms with Crippen LogP contribution in [-0.2, 0) is 13.0 Å². The predicted molar refractivity (Wildman–Crippen MR) is 81.4 cm³/mol. The largest absolute Gasteiger partial charge is 0.327 e. The molecule has 0 saturated carbocycles. The molecule has 0 bridgehead atoms. The lowest BCUT2D eigenvalue weighted by atomic mass is 10.0. The van der Waals surface area contributed by atoms with E-state index >= 15 is 0 Å². The fourth-order valence-electron chi connectivity index (χ4n) is 3.06. The van der Waals surface area contributed by atoms with Crippen molar-refractivity contribution >= 4 is 0 Å². The first-order valence-corrected chi connectivity index (χ1v) is 7.24. The van der Waals surface area contributed by atoms with Gasteiger partial charge in [0.2, 0.25) is 0 Å². The van der Waals surface area contributed by atoms with Crippen molar-refractivity contribution in [3.8, 4) is 22.5 Å². The van der Waals surface area contributed by atoms with Gasteiger partial charge in [-0.05, 0) is 18.6 Å². The third-order valence-electron chi connectivity index (χ3n) is 4.00. The molecule has 0 unspecified atom stereocenters. The van der Waals surface area contributed by atoms with Gasteiger partial charge in [0.1, 0.15) is 11.6 Å². The van der Waals surface area contributed by atoms with E-state index < -0.39 is 0 Å². The normalized spacial score (nSPS) is 13.4. The molecule has 4 rings (SSSR count). The average molecular weight is 278 g/mol. The number of aromatic nitrogens is 2. The summed E-state index contributed by atoms with van der Waals surface area (Å²) in [6.45, 7) is 0.959. The molecule has 2 aromatic carbocycles. The molecule has 0 amide bonds. The van der Waals surface area contributed by atoms with Crippen molar-refractivity contribution in [3.63, 3.8) is 0 Å². The van der Waals surface area contributed by atoms with Crippen LogP contribution in [0.5, 0.6) is 0 Å². The first-order chi connectivity index (χ1) is 10.3. The molecule has 0 aliphatic carbocycles. The maximum atomic E-state index is 14.2. The zero-order valence-corrected chi connectivity index (χ0v) is 11.6. The summed E-state index contributed by atoms with van der Waals surface area (Å²) in [5.41, 5.74) is 3.47. The van der Waals surface area contributed by atoms with Crippen LogP contribution < -0.4 is 0 Å². The van der Waals surface area contributed by atoms with E-state index in [-0.39, 0.29) is 5.82 Å². The number of hydrogen-bond donors (Lipinski definition) is 0. The number of benzene rings is 2. The van der Waals surface area contributed by atoms with Crippen molar-refractivity contribution in [2.45, 2.75) is 19.4 Å². The molecular weight excluding hydrogens is 263 g/mol. The van der Waals surface area contributed by atoms with Crippen molar-refractivity contribution in [1.29, 1.82) is 0 Å². The first-order valence-electron chi connectivity index (χ1n) is 7.24. The Labute approximate surface area is 122 Å². The van der Waals surface area contributed by atoms with E-state index in [1.54, 1.807) is 12.1 Å². The minimum Gasteiger partial charge on any atom is -0.327 e. The van der Waals surface area contributed by atoms with Crippen molar-refractivity contribution in [3.05, 3.63) is 66.2 Å². The van der Waals surface area contributed by atoms with E-state index in [9.17, 15) is 4.39 Å². The summed E-state index contributed by atoms with van der Waals surface area (Å²) in [6.07, 6.45) is 2.08. The van der Waals surface area contributed by atoms with Crippen LogP contribution in [0.4, 0.5) is 4.39 Å². The second kappa shape index (κ2) is 4.85. The Hall–Kier alpha value is -2.42. The smallest absolute Gasteiger partial charge is 0.132 e. The molecule has 0 radical (unpaired) electrons. The fourth-order valence-corrected chi connectivity index (χ4v) is 3.06. The highest BCUT2D eigenvalue weighted by Gasteiger charge is 2.24. The van der Waals surface area contributed by atoms with Gasteiger partial charge in [-0.3, -0.25) is 0 Å². The number of nitrogens with zero attached hydrogens (tertiary/aromatic N) is 2. The summed E-state index contributed by atoms with van der Waals surface area (Å²) in [5, 5.41) is 0. The van der Waals surface area contributed by atoms with E-state index in [4.69, 9.17) is 4.98 Å². The topological polar surface area (TPSA) is 17.8 Å². The quantitative estimate of drug-likeness (QED) is 0.683. The summed E-state index contributed by atoms with van der Waals surface area (Å²) < 4.78 is 16.4. The van der Waals surface area contributed by atoms with Gasteiger partial charge >= 0.3 is 0 Å². The number of rotatable bonds is 2. The molecule has 1 aliphatic heterocycles. The molecule has 1 aromatic heterocycles. The summed E-state index contributed by atoms with van der Waals surface area (Å²) in [5.74, 6) is 0.846. The second-order valence-electron chi connectivity index (χ2n) is 5.33. The van der Waals surface area contributed by atoms with Gasteiger partial charge in [-0.25, -0.2) is 9.37 Å². The standard InChI is InChI=1S/C18H15FN2/c19-15-10-5-4-9-14(15)17-18(13-7-2-1-3-8-13)21-12-6-11-16(21)20-17/h1-5,7-10H,6,11-12H2. The molecule has 3 heteroatoms. The third kappa shape index (κ3) is 1.97. The Bertz CT molecular complexity index is 790. The van der Waals surface area contributed by atoms with E-state index in [0.29, 0.717) is 5.56 Å². The molecule has 1 aliphatic rings. The third-order valence-corrected chi connectivity index (χ3v) is 4.00. The molecule has 21 heavy (non-hydrogen) atoms. The molecule has 0 atom stereocenters. The minimum atomic E-state index is -0.216. The van der Waals surface area contributed by atoms with Gasteiger partial charge in [0.05, 0.1) is 11.4 Å². The van der Waals surface area contributed by atoms with E-state index in [1.165, 1.54) is 6.07 Å². The summed E-state index contributed by atoms with van der Waals surface area (Å²) >= 11 is 0. The zero-order chi connectivity index (χ0) is 14.2. The van der Waals surface area contributed by atoms with Crippen LogP contribution in [0.3, 0.4) is 0 Å². The van der Waals surface area contributed by atoms with E-state index in [0.717, 1.165) is 42.2 Å². The number of fused-ring (bicyclic) bond motifs is 1. The number of hydrogen-bond acceptors (Lipinski definition) is 1. The Morgan fingerprint density at radius 3 is 2.52 bits per heavy atom. The van der Waals surface area contributed by atoms with E-state index in [2.05, 4.69) is 16.7 Å². The van der Waals surface area contributed by atoms with Gasteiger partial charge in [0, 0.05) is 24.1 Å². The molecule has 0 spiro atoms. The molecule has 3 aromatic rings. The van der Waals surface area contributed by atoms with Crippen molar-refractivity contribution < 1.29 is 4.39 Å². The van der Waals surface area contributed by atoms with Gasteiger partial charge in [-0.2, -0.15) is 0 Å². The molecule has 0 saturated heterocycles. The molecular formula is C18H15FN2. The Kier molecular flexibility index (Phi) is 2.85. The van der Waals surface area contributed by atoms with Crippen LogP contribution in [0.15, 0.2) is 54.6 Å². The van der Waals surface area contributed by atoms with Gasteiger partial charge in [0.25, 0.3) is 0 Å². The molecule has 0 fully saturated rings. The number of halogens is 1. The highest BCUT2D eigenvalue weighted by Crippen LogP contribution is 2.36. The van der Waals surface area contributed by atoms with Crippen LogP contribution in [-0.4, -0.2) is 9.55 Å². The Balaban J connectivity index is 1.99. The van der Waals surface area contributed by atoms with Crippen molar-refractivity contribution in [2.75, 3.05) is 0 Å². The highest BCUT2D eigenvalue weighted by molar-refractivity contribution is 5.79. The fraction of sp³-hybridized carbons (Fsp3) is 0.167. The average Bonchev–Trinajstić information content (AvgIpc) is 3.09. The lowest BCUT2D eigenvalue weighted by Gasteiger charge is -2.09. The van der Waals surface area contributed by atoms with Crippen LogP contribution in [0, 0.1) is 5.82 Å². The molecule has 2 nitrogen and oxygen atoms in total. The molecule has 104 valence electrons. The van der Waals surface area contributed by atoms with E-state index in [1.807, 2.05) is 24.3 Å². The van der Waals surface area contributed by atoms with Crippen LogP contribution >= 0.6 is 0 Å². The summed E-state index contributed by atoms with van der Waals surface area (Å²) in [4.78, 5) is 4.72. The highest BCUT2D eigenvalue weighted by atomic mass is 19.1. The minimum absolute atomic E-state index is 0.216. The van der Waals surface area contributed by atoms with Gasteiger partial charge in [-0.1, -0.05) is 42.5 Å². The van der Waals surface area contributed by atoms with Crippen LogP contribution in [0.2, 0.25) is 0 Å². The molecule has 0 N–H and O–H groups in total. The summed E-state index contributed by atoms with van der Waals surface area (Å²) in [6, 6.07) is 17.0. The monoisotopic (exact) mass is 278 g/mol. The van der Waals surface area contributed by atoms with Gasteiger partial charge < -0.3 is 4.57 Å². The maximum absolute atomic E-state index is 14.2. The second-order valence-corrected chi connectivity index (χ2v) is 5.33. The lowest BCUT2D eigenvalue weighted by Crippen LogP contribution is -1.96. The van der Waals surface area contributed by atoms with Crippen molar-refractivity contribution in [1.82, 2.24) is 9.55 Å². The van der Waals surface area contributed by atoms with Gasteiger partial charge in [-0.15, -0.1) is 0 Å². The zero-order valence-electron chi connectivity index (χ0n) is 11.6. The summed E-state index contributed by atoms with van der Waals surface area (Å²) in [7, 11) is 0. The van der Waals surface area contributed by atoms with Crippen LogP contribution in [0.25, 0.3) is 22.5 Å². The predicted octanol–water partition coefficient (Wildman–Crippen LogP) is 4.30. The van der Waals surface area contributed by atoms with Gasteiger partial charge in [0.15, 0.2) is 0 Å². The van der Waals surface area contributed by atoms with Crippen LogP contribution in [0.1, 0.15) is 12.2 Å². The maximum Gasteiger partial charge on any atom is 0.132 e.